The first-order valence-electron chi connectivity index (χ1n) is 5.69. The Morgan fingerprint density at radius 1 is 1.56 bits per heavy atom. The van der Waals surface area contributed by atoms with E-state index in [-0.39, 0.29) is 17.6 Å². The molecule has 0 aliphatic carbocycles. The van der Waals surface area contributed by atoms with Crippen LogP contribution in [-0.2, 0) is 11.3 Å². The largest absolute Gasteiger partial charge is 0.476 e. The second-order valence-corrected chi connectivity index (χ2v) is 3.74. The first kappa shape index (κ1) is 14.1. The van der Waals surface area contributed by atoms with Crippen LogP contribution in [0.3, 0.4) is 0 Å². The van der Waals surface area contributed by atoms with Crippen molar-refractivity contribution in [3.05, 3.63) is 11.9 Å². The maximum absolute atomic E-state index is 11.4. The lowest BCUT2D eigenvalue weighted by molar-refractivity contribution is -0.122. The van der Waals surface area contributed by atoms with Gasteiger partial charge >= 0.3 is 5.97 Å². The lowest BCUT2D eigenvalue weighted by Gasteiger charge is -2.12. The van der Waals surface area contributed by atoms with Crippen LogP contribution in [0.25, 0.3) is 0 Å². The van der Waals surface area contributed by atoms with Crippen LogP contribution in [0.2, 0.25) is 0 Å². The first-order chi connectivity index (χ1) is 8.54. The smallest absolute Gasteiger partial charge is 0.358 e. The van der Waals surface area contributed by atoms with Crippen LogP contribution >= 0.6 is 0 Å². The number of carboxylic acids is 1. The van der Waals surface area contributed by atoms with Crippen molar-refractivity contribution < 1.29 is 14.7 Å². The summed E-state index contributed by atoms with van der Waals surface area (Å²) in [5.41, 5.74) is -0.0909. The molecule has 1 aromatic rings. The summed E-state index contributed by atoms with van der Waals surface area (Å²) >= 11 is 0. The van der Waals surface area contributed by atoms with Gasteiger partial charge in [0.2, 0.25) is 5.91 Å². The summed E-state index contributed by atoms with van der Waals surface area (Å²) in [4.78, 5) is 22.0. The molecule has 0 saturated carbocycles. The minimum atomic E-state index is -1.11. The highest BCUT2D eigenvalue weighted by Crippen LogP contribution is 1.92. The van der Waals surface area contributed by atoms with Gasteiger partial charge in [-0.05, 0) is 13.8 Å². The normalized spacial score (nSPS) is 12.1. The van der Waals surface area contributed by atoms with Gasteiger partial charge in [-0.25, -0.2) is 4.79 Å². The van der Waals surface area contributed by atoms with Gasteiger partial charge in [-0.15, -0.1) is 5.10 Å². The van der Waals surface area contributed by atoms with Gasteiger partial charge in [-0.3, -0.25) is 9.48 Å². The number of likely N-dealkylation sites (N-methyl/N-ethyl adjacent to an activating group) is 1. The number of carbonyl (C=O) groups is 2. The Labute approximate surface area is 104 Å². The fourth-order valence-electron chi connectivity index (χ4n) is 1.32. The van der Waals surface area contributed by atoms with E-state index < -0.39 is 5.97 Å². The summed E-state index contributed by atoms with van der Waals surface area (Å²) < 4.78 is 1.42. The van der Waals surface area contributed by atoms with Crippen molar-refractivity contribution in [3.8, 4) is 0 Å². The van der Waals surface area contributed by atoms with E-state index in [1.807, 2.05) is 6.92 Å². The third-order valence-electron chi connectivity index (χ3n) is 2.29. The van der Waals surface area contributed by atoms with Crippen LogP contribution in [0.4, 0.5) is 0 Å². The number of carbonyl (C=O) groups excluding carboxylic acids is 1. The van der Waals surface area contributed by atoms with E-state index in [2.05, 4.69) is 20.9 Å². The molecule has 1 heterocycles. The standard InChI is InChI=1S/C10H17N5O3/c1-3-11-9(16)7(2)12-4-5-15-6-8(10(17)18)13-14-15/h6-7,12H,3-5H2,1-2H3,(H,11,16)(H,17,18). The molecule has 3 N–H and O–H groups in total. The van der Waals surface area contributed by atoms with Crippen LogP contribution in [0.5, 0.6) is 0 Å². The van der Waals surface area contributed by atoms with Crippen LogP contribution in [0, 0.1) is 0 Å². The van der Waals surface area contributed by atoms with Crippen LogP contribution in [0.1, 0.15) is 24.3 Å². The second kappa shape index (κ2) is 6.70. The quantitative estimate of drug-likeness (QED) is 0.582. The van der Waals surface area contributed by atoms with Crippen molar-refractivity contribution >= 4 is 11.9 Å². The molecule has 0 aromatic carbocycles. The lowest BCUT2D eigenvalue weighted by Crippen LogP contribution is -2.43. The summed E-state index contributed by atoms with van der Waals surface area (Å²) in [5.74, 6) is -1.17. The number of hydrogen-bond donors (Lipinski definition) is 3. The van der Waals surface area contributed by atoms with Gasteiger partial charge in [0.25, 0.3) is 0 Å². The van der Waals surface area contributed by atoms with Crippen molar-refractivity contribution in [3.63, 3.8) is 0 Å². The Balaban J connectivity index is 2.32. The first-order valence-corrected chi connectivity index (χ1v) is 5.69. The Hall–Kier alpha value is -1.96. The maximum atomic E-state index is 11.4. The zero-order valence-corrected chi connectivity index (χ0v) is 10.4. The average molecular weight is 255 g/mol. The second-order valence-electron chi connectivity index (χ2n) is 3.74. The minimum Gasteiger partial charge on any atom is -0.476 e. The van der Waals surface area contributed by atoms with Crippen molar-refractivity contribution in [1.29, 1.82) is 0 Å². The number of nitrogens with one attached hydrogen (secondary N) is 2. The maximum Gasteiger partial charge on any atom is 0.358 e. The van der Waals surface area contributed by atoms with E-state index in [1.165, 1.54) is 10.9 Å². The molecular formula is C10H17N5O3. The Morgan fingerprint density at radius 3 is 2.83 bits per heavy atom. The molecule has 0 fully saturated rings. The number of amides is 1. The molecule has 0 bridgehead atoms. The summed E-state index contributed by atoms with van der Waals surface area (Å²) in [7, 11) is 0. The fraction of sp³-hybridized carbons (Fsp3) is 0.600. The molecule has 100 valence electrons. The number of rotatable bonds is 7. The highest BCUT2D eigenvalue weighted by Gasteiger charge is 2.11. The van der Waals surface area contributed by atoms with Crippen molar-refractivity contribution in [1.82, 2.24) is 25.6 Å². The third kappa shape index (κ3) is 4.13. The van der Waals surface area contributed by atoms with Gasteiger partial charge in [0.05, 0.1) is 18.8 Å². The van der Waals surface area contributed by atoms with Crippen LogP contribution < -0.4 is 10.6 Å². The van der Waals surface area contributed by atoms with Crippen molar-refractivity contribution in [2.75, 3.05) is 13.1 Å². The Kier molecular flexibility index (Phi) is 5.25. The molecule has 0 aliphatic rings. The molecule has 1 aromatic heterocycles. The summed E-state index contributed by atoms with van der Waals surface area (Å²) in [6.07, 6.45) is 1.35. The lowest BCUT2D eigenvalue weighted by atomic mass is 10.3. The zero-order chi connectivity index (χ0) is 13.5. The predicted molar refractivity (Wildman–Crippen MR) is 63.1 cm³/mol. The van der Waals surface area contributed by atoms with E-state index in [0.29, 0.717) is 19.6 Å². The Morgan fingerprint density at radius 2 is 2.28 bits per heavy atom. The zero-order valence-electron chi connectivity index (χ0n) is 10.4. The van der Waals surface area contributed by atoms with E-state index in [0.717, 1.165) is 0 Å². The molecule has 0 saturated heterocycles. The monoisotopic (exact) mass is 255 g/mol. The SMILES string of the molecule is CCNC(=O)C(C)NCCn1cc(C(=O)O)nn1. The number of carboxylic acid groups (broad SMARTS) is 1. The highest BCUT2D eigenvalue weighted by molar-refractivity contribution is 5.84. The predicted octanol–water partition coefficient (Wildman–Crippen LogP) is -0.909. The molecule has 0 radical (unpaired) electrons. The third-order valence-corrected chi connectivity index (χ3v) is 2.29. The van der Waals surface area contributed by atoms with E-state index in [4.69, 9.17) is 5.11 Å². The molecule has 0 spiro atoms. The van der Waals surface area contributed by atoms with Gasteiger partial charge in [-0.2, -0.15) is 0 Å². The number of nitrogens with zero attached hydrogens (tertiary/aromatic N) is 3. The molecule has 0 aliphatic heterocycles. The van der Waals surface area contributed by atoms with Crippen molar-refractivity contribution in [2.24, 2.45) is 0 Å². The number of aromatic nitrogens is 3. The van der Waals surface area contributed by atoms with E-state index >= 15 is 0 Å². The molecule has 18 heavy (non-hydrogen) atoms. The van der Waals surface area contributed by atoms with Gasteiger partial charge in [0.15, 0.2) is 5.69 Å². The van der Waals surface area contributed by atoms with Gasteiger partial charge < -0.3 is 15.7 Å². The molecule has 1 amide bonds. The molecule has 1 atom stereocenters. The molecule has 1 rings (SSSR count). The van der Waals surface area contributed by atoms with E-state index in [9.17, 15) is 9.59 Å². The average Bonchev–Trinajstić information content (AvgIpc) is 2.78. The number of aromatic carboxylic acids is 1. The van der Waals surface area contributed by atoms with Crippen LogP contribution in [-0.4, -0.2) is 51.1 Å². The van der Waals surface area contributed by atoms with Crippen molar-refractivity contribution in [2.45, 2.75) is 26.4 Å². The Bertz CT molecular complexity index is 417. The van der Waals surface area contributed by atoms with Gasteiger partial charge in [0, 0.05) is 13.1 Å². The molecule has 8 nitrogen and oxygen atoms in total. The summed E-state index contributed by atoms with van der Waals surface area (Å²) in [6.45, 7) is 5.16. The molecular weight excluding hydrogens is 238 g/mol. The number of hydrogen-bond acceptors (Lipinski definition) is 5. The highest BCUT2D eigenvalue weighted by atomic mass is 16.4. The minimum absolute atomic E-state index is 0.0673. The topological polar surface area (TPSA) is 109 Å². The molecule has 1 unspecified atom stereocenters. The van der Waals surface area contributed by atoms with Gasteiger partial charge in [-0.1, -0.05) is 5.21 Å². The fourth-order valence-corrected chi connectivity index (χ4v) is 1.32. The van der Waals surface area contributed by atoms with Crippen LogP contribution in [0.15, 0.2) is 6.20 Å². The molecule has 8 heteroatoms. The van der Waals surface area contributed by atoms with Gasteiger partial charge in [0.1, 0.15) is 0 Å². The van der Waals surface area contributed by atoms with E-state index in [1.54, 1.807) is 6.92 Å². The summed E-state index contributed by atoms with van der Waals surface area (Å²) in [6, 6.07) is -0.299. The summed E-state index contributed by atoms with van der Waals surface area (Å²) in [5, 5.41) is 21.5.